The number of benzene rings is 1. The largest absolute Gasteiger partial charge is 0.492 e. The van der Waals surface area contributed by atoms with Crippen LogP contribution in [0.3, 0.4) is 0 Å². The average molecular weight is 493 g/mol. The van der Waals surface area contributed by atoms with Crippen molar-refractivity contribution in [3.05, 3.63) is 35.2 Å². The van der Waals surface area contributed by atoms with Crippen molar-refractivity contribution in [2.45, 2.75) is 57.8 Å². The molecule has 2 heterocycles. The Balaban J connectivity index is 1.81. The van der Waals surface area contributed by atoms with Gasteiger partial charge in [0.05, 0.1) is 30.6 Å². The van der Waals surface area contributed by atoms with Crippen molar-refractivity contribution >= 4 is 11.6 Å². The van der Waals surface area contributed by atoms with Crippen LogP contribution in [0.1, 0.15) is 43.1 Å². The predicted molar refractivity (Wildman–Crippen MR) is 130 cm³/mol. The van der Waals surface area contributed by atoms with Gasteiger partial charge in [0.1, 0.15) is 17.9 Å². The van der Waals surface area contributed by atoms with Crippen molar-refractivity contribution in [2.24, 2.45) is 16.8 Å². The van der Waals surface area contributed by atoms with E-state index in [1.807, 2.05) is 27.8 Å². The lowest BCUT2D eigenvalue weighted by atomic mass is 10.0. The fourth-order valence-electron chi connectivity index (χ4n) is 4.12. The minimum absolute atomic E-state index is 0.0377. The average Bonchev–Trinajstić information content (AvgIpc) is 2.93. The zero-order chi connectivity index (χ0) is 25.7. The van der Waals surface area contributed by atoms with Crippen LogP contribution in [0.4, 0.5) is 4.39 Å². The van der Waals surface area contributed by atoms with Gasteiger partial charge >= 0.3 is 0 Å². The maximum atomic E-state index is 15.2. The quantitative estimate of drug-likeness (QED) is 0.0760. The van der Waals surface area contributed by atoms with Crippen molar-refractivity contribution in [3.63, 3.8) is 0 Å². The molecule has 12 nitrogen and oxygen atoms in total. The van der Waals surface area contributed by atoms with Crippen molar-refractivity contribution < 1.29 is 13.9 Å². The zero-order valence-corrected chi connectivity index (χ0v) is 20.6. The molecule has 9 N–H and O–H groups in total. The molecule has 35 heavy (non-hydrogen) atoms. The molecule has 2 aliphatic rings. The summed E-state index contributed by atoms with van der Waals surface area (Å²) in [5.41, 5.74) is 16.5. The first-order valence-corrected chi connectivity index (χ1v) is 11.7. The second-order valence-electron chi connectivity index (χ2n) is 9.29. The van der Waals surface area contributed by atoms with E-state index < -0.39 is 6.29 Å². The maximum absolute atomic E-state index is 15.2. The molecule has 0 aromatic heterocycles. The van der Waals surface area contributed by atoms with Crippen LogP contribution in [-0.2, 0) is 0 Å². The van der Waals surface area contributed by atoms with Gasteiger partial charge in [-0.25, -0.2) is 10.2 Å². The van der Waals surface area contributed by atoms with Crippen molar-refractivity contribution in [3.8, 4) is 5.75 Å². The summed E-state index contributed by atoms with van der Waals surface area (Å²) in [6.07, 6.45) is -1.09. The van der Waals surface area contributed by atoms with Gasteiger partial charge in [0.15, 0.2) is 0 Å². The number of likely N-dealkylation sites (N-methyl/N-ethyl adjacent to an activating group) is 1. The number of hydrazine groups is 1. The van der Waals surface area contributed by atoms with Crippen LogP contribution in [-0.4, -0.2) is 73.1 Å². The number of fused-ring (bicyclic) bond motifs is 1. The van der Waals surface area contributed by atoms with Crippen LogP contribution >= 0.6 is 0 Å². The van der Waals surface area contributed by atoms with Crippen LogP contribution in [0, 0.1) is 5.53 Å². The predicted octanol–water partition coefficient (Wildman–Crippen LogP) is 0.407. The number of nitrogens with two attached hydrogens (primary N) is 2. The molecule has 0 spiro atoms. The molecule has 0 radical (unpaired) electrons. The number of amides is 1. The van der Waals surface area contributed by atoms with Gasteiger partial charge in [-0.1, -0.05) is 5.22 Å². The number of ether oxygens (including phenoxy) is 1. The van der Waals surface area contributed by atoms with E-state index in [1.54, 1.807) is 18.2 Å². The van der Waals surface area contributed by atoms with Crippen LogP contribution in [0.25, 0.3) is 5.70 Å². The third kappa shape index (κ3) is 6.64. The van der Waals surface area contributed by atoms with Crippen molar-refractivity contribution in [1.82, 2.24) is 31.3 Å². The highest BCUT2D eigenvalue weighted by Crippen LogP contribution is 2.33. The van der Waals surface area contributed by atoms with Gasteiger partial charge in [0, 0.05) is 36.7 Å². The standard InChI is InChI=1S/C22H37FN10O2/c1-12(2)27-20(29-22(24)30-31-25)13(3)28-19-16-6-5-14(9-18(16)35-8-7-17(19)23)21(34)33(26)15-10-32(4)11-15/h5-6,9,12-13,15,20,22,27-29H,7-8,10-11,24,26H2,1-4H3,(H2,25,30). The van der Waals surface area contributed by atoms with Gasteiger partial charge in [-0.3, -0.25) is 31.6 Å². The molecule has 0 bridgehead atoms. The van der Waals surface area contributed by atoms with E-state index in [1.165, 1.54) is 5.01 Å². The number of hydrogen-bond donors (Lipinski definition) is 7. The topological polar surface area (TPSA) is 169 Å². The summed E-state index contributed by atoms with van der Waals surface area (Å²) < 4.78 is 21.0. The molecule has 2 aliphatic heterocycles. The number of hydrogen-bond acceptors (Lipinski definition) is 10. The summed E-state index contributed by atoms with van der Waals surface area (Å²) in [5.74, 6) is 5.81. The fourth-order valence-corrected chi connectivity index (χ4v) is 4.12. The number of nitrogens with one attached hydrogen (secondary N) is 5. The van der Waals surface area contributed by atoms with Gasteiger partial charge < -0.3 is 15.0 Å². The monoisotopic (exact) mass is 492 g/mol. The van der Waals surface area contributed by atoms with E-state index in [0.717, 1.165) is 13.1 Å². The Bertz CT molecular complexity index is 937. The third-order valence-electron chi connectivity index (χ3n) is 5.97. The SMILES string of the molecule is CC(C)NC(NC(N)NN=N)C(C)NC1=C(F)CCOc2cc(C(=O)N(N)C3CN(C)C3)ccc21. The molecular formula is C22H37FN10O2. The molecule has 0 aliphatic carbocycles. The van der Waals surface area contributed by atoms with Crippen LogP contribution in [0.5, 0.6) is 5.75 Å². The molecule has 1 aromatic carbocycles. The van der Waals surface area contributed by atoms with E-state index in [4.69, 9.17) is 21.8 Å². The van der Waals surface area contributed by atoms with Crippen molar-refractivity contribution in [1.29, 1.82) is 5.53 Å². The summed E-state index contributed by atoms with van der Waals surface area (Å²) in [6, 6.07) is 4.65. The lowest BCUT2D eigenvalue weighted by molar-refractivity contribution is 0.0362. The fraction of sp³-hybridized carbons (Fsp3) is 0.591. The Labute approximate surface area is 205 Å². The van der Waals surface area contributed by atoms with E-state index in [2.05, 4.69) is 31.5 Å². The Kier molecular flexibility index (Phi) is 8.97. The Morgan fingerprint density at radius 3 is 2.66 bits per heavy atom. The van der Waals surface area contributed by atoms with Crippen LogP contribution in [0.15, 0.2) is 29.2 Å². The van der Waals surface area contributed by atoms with Crippen molar-refractivity contribution in [2.75, 3.05) is 26.7 Å². The number of rotatable bonds is 11. The molecule has 1 saturated heterocycles. The molecule has 1 aromatic rings. The smallest absolute Gasteiger partial charge is 0.268 e. The van der Waals surface area contributed by atoms with E-state index >= 15 is 4.39 Å². The lowest BCUT2D eigenvalue weighted by Crippen LogP contribution is -2.63. The number of carbonyl (C=O) groups is 1. The third-order valence-corrected chi connectivity index (χ3v) is 5.97. The number of halogens is 1. The van der Waals surface area contributed by atoms with Gasteiger partial charge in [-0.05, 0) is 46.0 Å². The second kappa shape index (κ2) is 11.7. The number of carbonyl (C=O) groups excluding carboxylic acids is 1. The Morgan fingerprint density at radius 1 is 1.31 bits per heavy atom. The van der Waals surface area contributed by atoms with Gasteiger partial charge in [-0.2, -0.15) is 5.53 Å². The lowest BCUT2D eigenvalue weighted by Gasteiger charge is -2.41. The second-order valence-corrected chi connectivity index (χ2v) is 9.29. The minimum atomic E-state index is -0.778. The Morgan fingerprint density at radius 2 is 2.03 bits per heavy atom. The first kappa shape index (κ1) is 26.8. The van der Waals surface area contributed by atoms with Gasteiger partial charge in [0.2, 0.25) is 0 Å². The Hall–Kier alpha value is -2.84. The summed E-state index contributed by atoms with van der Waals surface area (Å²) >= 11 is 0. The highest BCUT2D eigenvalue weighted by Gasteiger charge is 2.32. The maximum Gasteiger partial charge on any atom is 0.268 e. The van der Waals surface area contributed by atoms with E-state index in [0.29, 0.717) is 22.6 Å². The minimum Gasteiger partial charge on any atom is -0.492 e. The molecule has 0 saturated carbocycles. The number of likely N-dealkylation sites (tertiary alicyclic amines) is 1. The molecule has 3 rings (SSSR count). The highest BCUT2D eigenvalue weighted by atomic mass is 19.1. The number of nitrogens with zero attached hydrogens (tertiary/aromatic N) is 3. The van der Waals surface area contributed by atoms with Crippen LogP contribution < -0.4 is 37.7 Å². The molecule has 194 valence electrons. The summed E-state index contributed by atoms with van der Waals surface area (Å²) in [6.45, 7) is 7.41. The molecule has 13 heteroatoms. The molecule has 1 fully saturated rings. The molecule has 3 unspecified atom stereocenters. The summed E-state index contributed by atoms with van der Waals surface area (Å²) in [4.78, 5) is 15.0. The highest BCUT2D eigenvalue weighted by molar-refractivity contribution is 5.95. The summed E-state index contributed by atoms with van der Waals surface area (Å²) in [7, 11) is 1.97. The first-order chi connectivity index (χ1) is 16.6. The first-order valence-electron chi connectivity index (χ1n) is 11.7. The summed E-state index contributed by atoms with van der Waals surface area (Å²) in [5, 5.41) is 14.0. The van der Waals surface area contributed by atoms with E-state index in [-0.39, 0.29) is 49.1 Å². The van der Waals surface area contributed by atoms with Crippen LogP contribution in [0.2, 0.25) is 0 Å². The molecule has 3 atom stereocenters. The van der Waals surface area contributed by atoms with Gasteiger partial charge in [0.25, 0.3) is 5.91 Å². The molecule has 1 amide bonds. The van der Waals surface area contributed by atoms with Gasteiger partial charge in [-0.15, -0.1) is 0 Å². The molecular weight excluding hydrogens is 455 g/mol. The van der Waals surface area contributed by atoms with E-state index in [9.17, 15) is 4.79 Å². The normalized spacial score (nSPS) is 19.1. The zero-order valence-electron chi connectivity index (χ0n) is 20.6.